The Kier molecular flexibility index (Phi) is 6.22. The fourth-order valence-corrected chi connectivity index (χ4v) is 1.50. The largest absolute Gasteiger partial charge is 0.447 e. The Morgan fingerprint density at radius 2 is 1.91 bits per heavy atom. The molecule has 2 amide bonds. The standard InChI is InChI=1S/C16H24N2O4/c1-6-16(4,5)18-15(20)22-13-9-7-8-12(10-13)17-14(19)21-11(2)3/h7-11H,6H2,1-5H3,(H,17,19)(H,18,20). The van der Waals surface area contributed by atoms with Crippen LogP contribution in [0.25, 0.3) is 0 Å². The van der Waals surface area contributed by atoms with E-state index in [1.165, 1.54) is 0 Å². The van der Waals surface area contributed by atoms with Crippen molar-refractivity contribution in [2.45, 2.75) is 52.7 Å². The lowest BCUT2D eigenvalue weighted by Crippen LogP contribution is -2.44. The molecule has 2 N–H and O–H groups in total. The van der Waals surface area contributed by atoms with Gasteiger partial charge >= 0.3 is 12.2 Å². The van der Waals surface area contributed by atoms with E-state index in [4.69, 9.17) is 9.47 Å². The van der Waals surface area contributed by atoms with Crippen LogP contribution in [0.15, 0.2) is 24.3 Å². The van der Waals surface area contributed by atoms with Crippen molar-refractivity contribution < 1.29 is 19.1 Å². The highest BCUT2D eigenvalue weighted by molar-refractivity contribution is 5.85. The van der Waals surface area contributed by atoms with Crippen molar-refractivity contribution in [3.05, 3.63) is 24.3 Å². The quantitative estimate of drug-likeness (QED) is 0.864. The first-order valence-electron chi connectivity index (χ1n) is 7.29. The maximum Gasteiger partial charge on any atom is 0.413 e. The second-order valence-corrected chi connectivity index (χ2v) is 5.86. The first-order chi connectivity index (χ1) is 10.2. The van der Waals surface area contributed by atoms with E-state index in [-0.39, 0.29) is 11.6 Å². The number of anilines is 1. The molecule has 6 nitrogen and oxygen atoms in total. The lowest BCUT2D eigenvalue weighted by atomic mass is 10.0. The second kappa shape index (κ2) is 7.68. The van der Waals surface area contributed by atoms with Gasteiger partial charge in [0.05, 0.1) is 6.10 Å². The summed E-state index contributed by atoms with van der Waals surface area (Å²) < 4.78 is 10.2. The monoisotopic (exact) mass is 308 g/mol. The van der Waals surface area contributed by atoms with E-state index in [0.29, 0.717) is 11.4 Å². The zero-order chi connectivity index (χ0) is 16.8. The van der Waals surface area contributed by atoms with E-state index in [0.717, 1.165) is 6.42 Å². The molecule has 6 heteroatoms. The Bertz CT molecular complexity index is 527. The molecule has 0 saturated heterocycles. The van der Waals surface area contributed by atoms with Crippen LogP contribution < -0.4 is 15.4 Å². The van der Waals surface area contributed by atoms with E-state index >= 15 is 0 Å². The van der Waals surface area contributed by atoms with Crippen molar-refractivity contribution in [1.29, 1.82) is 0 Å². The molecule has 0 heterocycles. The third-order valence-corrected chi connectivity index (χ3v) is 2.96. The summed E-state index contributed by atoms with van der Waals surface area (Å²) in [5.41, 5.74) is 0.152. The highest BCUT2D eigenvalue weighted by Gasteiger charge is 2.19. The highest BCUT2D eigenvalue weighted by Crippen LogP contribution is 2.18. The average molecular weight is 308 g/mol. The van der Waals surface area contributed by atoms with Crippen LogP contribution in [-0.2, 0) is 4.74 Å². The summed E-state index contributed by atoms with van der Waals surface area (Å²) in [6.45, 7) is 9.32. The summed E-state index contributed by atoms with van der Waals surface area (Å²) >= 11 is 0. The molecular weight excluding hydrogens is 284 g/mol. The molecule has 0 spiro atoms. The number of ether oxygens (including phenoxy) is 2. The molecule has 0 aliphatic heterocycles. The minimum atomic E-state index is -0.552. The van der Waals surface area contributed by atoms with Gasteiger partial charge in [0, 0.05) is 17.3 Å². The smallest absolute Gasteiger partial charge is 0.413 e. The van der Waals surface area contributed by atoms with Gasteiger partial charge in [0.1, 0.15) is 5.75 Å². The van der Waals surface area contributed by atoms with Crippen LogP contribution in [-0.4, -0.2) is 23.8 Å². The average Bonchev–Trinajstić information content (AvgIpc) is 2.37. The number of amides is 2. The van der Waals surface area contributed by atoms with E-state index in [9.17, 15) is 9.59 Å². The van der Waals surface area contributed by atoms with Gasteiger partial charge in [-0.2, -0.15) is 0 Å². The SMILES string of the molecule is CCC(C)(C)NC(=O)Oc1cccc(NC(=O)OC(C)C)c1. The van der Waals surface area contributed by atoms with Gasteiger partial charge in [-0.25, -0.2) is 9.59 Å². The van der Waals surface area contributed by atoms with Gasteiger partial charge in [-0.15, -0.1) is 0 Å². The molecule has 0 fully saturated rings. The number of carbonyl (C=O) groups excluding carboxylic acids is 2. The van der Waals surface area contributed by atoms with Crippen molar-refractivity contribution in [3.8, 4) is 5.75 Å². The molecule has 0 bridgehead atoms. The second-order valence-electron chi connectivity index (χ2n) is 5.86. The van der Waals surface area contributed by atoms with E-state index < -0.39 is 12.2 Å². The summed E-state index contributed by atoms with van der Waals surface area (Å²) in [5, 5.41) is 5.34. The molecule has 22 heavy (non-hydrogen) atoms. The molecule has 0 atom stereocenters. The van der Waals surface area contributed by atoms with Gasteiger partial charge in [0.2, 0.25) is 0 Å². The van der Waals surface area contributed by atoms with Crippen LogP contribution in [0.3, 0.4) is 0 Å². The predicted octanol–water partition coefficient (Wildman–Crippen LogP) is 3.92. The summed E-state index contributed by atoms with van der Waals surface area (Å²) in [6.07, 6.45) is -0.510. The van der Waals surface area contributed by atoms with Crippen molar-refractivity contribution in [2.24, 2.45) is 0 Å². The molecule has 0 aliphatic carbocycles. The van der Waals surface area contributed by atoms with Crippen LogP contribution in [0, 0.1) is 0 Å². The van der Waals surface area contributed by atoms with Crippen molar-refractivity contribution >= 4 is 17.9 Å². The van der Waals surface area contributed by atoms with Gasteiger partial charge in [-0.3, -0.25) is 5.32 Å². The Hall–Kier alpha value is -2.24. The lowest BCUT2D eigenvalue weighted by molar-refractivity contribution is 0.130. The number of carbonyl (C=O) groups is 2. The van der Waals surface area contributed by atoms with Gasteiger partial charge in [-0.05, 0) is 46.2 Å². The number of hydrogen-bond acceptors (Lipinski definition) is 4. The van der Waals surface area contributed by atoms with Crippen molar-refractivity contribution in [1.82, 2.24) is 5.32 Å². The van der Waals surface area contributed by atoms with E-state index in [1.807, 2.05) is 20.8 Å². The van der Waals surface area contributed by atoms with Crippen molar-refractivity contribution in [3.63, 3.8) is 0 Å². The lowest BCUT2D eigenvalue weighted by Gasteiger charge is -2.23. The van der Waals surface area contributed by atoms with Crippen LogP contribution in [0.1, 0.15) is 41.0 Å². The molecule has 0 radical (unpaired) electrons. The third-order valence-electron chi connectivity index (χ3n) is 2.96. The third kappa shape index (κ3) is 6.47. The Morgan fingerprint density at radius 1 is 1.23 bits per heavy atom. The van der Waals surface area contributed by atoms with Gasteiger partial charge in [-0.1, -0.05) is 13.0 Å². The normalized spacial score (nSPS) is 11.0. The molecule has 0 unspecified atom stereocenters. The molecule has 0 saturated carbocycles. The predicted molar refractivity (Wildman–Crippen MR) is 85.2 cm³/mol. The molecule has 1 aromatic carbocycles. The topological polar surface area (TPSA) is 76.7 Å². The number of rotatable bonds is 5. The van der Waals surface area contributed by atoms with Crippen LogP contribution in [0.5, 0.6) is 5.75 Å². The van der Waals surface area contributed by atoms with Gasteiger partial charge in [0.15, 0.2) is 0 Å². The van der Waals surface area contributed by atoms with Gasteiger partial charge in [0.25, 0.3) is 0 Å². The first kappa shape index (κ1) is 17.8. The molecule has 1 rings (SSSR count). The highest BCUT2D eigenvalue weighted by atomic mass is 16.6. The summed E-state index contributed by atoms with van der Waals surface area (Å²) in [4.78, 5) is 23.4. The summed E-state index contributed by atoms with van der Waals surface area (Å²) in [7, 11) is 0. The van der Waals surface area contributed by atoms with Crippen LogP contribution in [0.4, 0.5) is 15.3 Å². The van der Waals surface area contributed by atoms with Crippen LogP contribution >= 0.6 is 0 Å². The Morgan fingerprint density at radius 3 is 2.50 bits per heavy atom. The fraction of sp³-hybridized carbons (Fsp3) is 0.500. The first-order valence-corrected chi connectivity index (χ1v) is 7.29. The Balaban J connectivity index is 2.64. The maximum absolute atomic E-state index is 11.8. The summed E-state index contributed by atoms with van der Waals surface area (Å²) in [6, 6.07) is 6.55. The molecular formula is C16H24N2O4. The van der Waals surface area contributed by atoms with Gasteiger partial charge < -0.3 is 14.8 Å². The van der Waals surface area contributed by atoms with Crippen LogP contribution in [0.2, 0.25) is 0 Å². The number of benzene rings is 1. The van der Waals surface area contributed by atoms with E-state index in [1.54, 1.807) is 38.1 Å². The molecule has 1 aromatic rings. The fourth-order valence-electron chi connectivity index (χ4n) is 1.50. The van der Waals surface area contributed by atoms with Crippen molar-refractivity contribution in [2.75, 3.05) is 5.32 Å². The maximum atomic E-state index is 11.8. The molecule has 122 valence electrons. The Labute approximate surface area is 131 Å². The minimum absolute atomic E-state index is 0.207. The zero-order valence-corrected chi connectivity index (χ0v) is 13.7. The summed E-state index contributed by atoms with van der Waals surface area (Å²) in [5.74, 6) is 0.340. The molecule has 0 aliphatic rings. The van der Waals surface area contributed by atoms with E-state index in [2.05, 4.69) is 10.6 Å². The number of hydrogen-bond donors (Lipinski definition) is 2. The number of nitrogens with one attached hydrogen (secondary N) is 2. The minimum Gasteiger partial charge on any atom is -0.447 e. The zero-order valence-electron chi connectivity index (χ0n) is 13.7. The molecule has 0 aromatic heterocycles.